The predicted octanol–water partition coefficient (Wildman–Crippen LogP) is 0.293. The van der Waals surface area contributed by atoms with Crippen LogP contribution in [0, 0.1) is 0 Å². The molecule has 0 radical (unpaired) electrons. The zero-order valence-electron chi connectivity index (χ0n) is 10.3. The summed E-state index contributed by atoms with van der Waals surface area (Å²) in [5.74, 6) is -0.0179. The monoisotopic (exact) mass is 240 g/mol. The molecule has 0 bridgehead atoms. The molecule has 2 atom stereocenters. The molecule has 0 aromatic carbocycles. The van der Waals surface area contributed by atoms with E-state index in [-0.39, 0.29) is 24.0 Å². The number of nitrogens with one attached hydrogen (secondary N) is 1. The Morgan fingerprint density at radius 3 is 2.94 bits per heavy atom. The molecular formula is C12H20N2O3. The molecule has 1 unspecified atom stereocenters. The SMILES string of the molecule is COC(=O)[C@H]1CCCCN1CC1CCC(=O)N1. The molecule has 0 aliphatic carbocycles. The Labute approximate surface area is 101 Å². The normalized spacial score (nSPS) is 30.1. The van der Waals surface area contributed by atoms with Gasteiger partial charge in [0, 0.05) is 19.0 Å². The summed E-state index contributed by atoms with van der Waals surface area (Å²) in [6.07, 6.45) is 4.55. The highest BCUT2D eigenvalue weighted by molar-refractivity contribution is 5.78. The van der Waals surface area contributed by atoms with Gasteiger partial charge >= 0.3 is 5.97 Å². The van der Waals surface area contributed by atoms with Crippen LogP contribution < -0.4 is 5.32 Å². The van der Waals surface area contributed by atoms with Gasteiger partial charge in [0.2, 0.25) is 5.91 Å². The summed E-state index contributed by atoms with van der Waals surface area (Å²) in [4.78, 5) is 25.0. The van der Waals surface area contributed by atoms with Crippen LogP contribution in [0.3, 0.4) is 0 Å². The van der Waals surface area contributed by atoms with Crippen LogP contribution in [-0.2, 0) is 14.3 Å². The maximum absolute atomic E-state index is 11.7. The number of piperidine rings is 1. The van der Waals surface area contributed by atoms with Crippen molar-refractivity contribution in [2.45, 2.75) is 44.2 Å². The highest BCUT2D eigenvalue weighted by Crippen LogP contribution is 2.20. The number of rotatable bonds is 3. The van der Waals surface area contributed by atoms with Gasteiger partial charge in [-0.1, -0.05) is 6.42 Å². The molecule has 17 heavy (non-hydrogen) atoms. The van der Waals surface area contributed by atoms with Crippen molar-refractivity contribution in [2.75, 3.05) is 20.2 Å². The number of hydrogen-bond donors (Lipinski definition) is 1. The predicted molar refractivity (Wildman–Crippen MR) is 62.4 cm³/mol. The Morgan fingerprint density at radius 2 is 2.29 bits per heavy atom. The van der Waals surface area contributed by atoms with Crippen LogP contribution in [0.4, 0.5) is 0 Å². The molecule has 2 rings (SSSR count). The zero-order valence-corrected chi connectivity index (χ0v) is 10.3. The van der Waals surface area contributed by atoms with Gasteiger partial charge < -0.3 is 10.1 Å². The number of hydrogen-bond acceptors (Lipinski definition) is 4. The Hall–Kier alpha value is -1.10. The Bertz CT molecular complexity index is 306. The van der Waals surface area contributed by atoms with Crippen LogP contribution in [0.5, 0.6) is 0 Å². The van der Waals surface area contributed by atoms with Crippen LogP contribution in [0.2, 0.25) is 0 Å². The molecule has 0 saturated carbocycles. The minimum Gasteiger partial charge on any atom is -0.468 e. The number of esters is 1. The van der Waals surface area contributed by atoms with Crippen molar-refractivity contribution in [3.05, 3.63) is 0 Å². The molecule has 96 valence electrons. The lowest BCUT2D eigenvalue weighted by Crippen LogP contribution is -2.50. The number of carbonyl (C=O) groups excluding carboxylic acids is 2. The number of carbonyl (C=O) groups is 2. The van der Waals surface area contributed by atoms with E-state index in [1.54, 1.807) is 0 Å². The van der Waals surface area contributed by atoms with E-state index in [9.17, 15) is 9.59 Å². The van der Waals surface area contributed by atoms with E-state index in [1.807, 2.05) is 0 Å². The van der Waals surface area contributed by atoms with Gasteiger partial charge in [-0.3, -0.25) is 14.5 Å². The minimum absolute atomic E-state index is 0.119. The Morgan fingerprint density at radius 1 is 1.47 bits per heavy atom. The van der Waals surface area contributed by atoms with Gasteiger partial charge in [0.05, 0.1) is 7.11 Å². The molecule has 5 nitrogen and oxygen atoms in total. The lowest BCUT2D eigenvalue weighted by atomic mass is 10.0. The third-order valence-corrected chi connectivity index (χ3v) is 3.63. The summed E-state index contributed by atoms with van der Waals surface area (Å²) >= 11 is 0. The smallest absolute Gasteiger partial charge is 0.323 e. The molecule has 2 heterocycles. The summed E-state index contributed by atoms with van der Waals surface area (Å²) in [7, 11) is 1.44. The highest BCUT2D eigenvalue weighted by atomic mass is 16.5. The van der Waals surface area contributed by atoms with Crippen LogP contribution in [0.25, 0.3) is 0 Å². The number of nitrogens with zero attached hydrogens (tertiary/aromatic N) is 1. The summed E-state index contributed by atoms with van der Waals surface area (Å²) in [6.45, 7) is 1.69. The van der Waals surface area contributed by atoms with Crippen molar-refractivity contribution in [1.29, 1.82) is 0 Å². The fourth-order valence-electron chi connectivity index (χ4n) is 2.71. The van der Waals surface area contributed by atoms with E-state index in [0.717, 1.165) is 38.8 Å². The average molecular weight is 240 g/mol. The van der Waals surface area contributed by atoms with E-state index in [2.05, 4.69) is 10.2 Å². The first-order valence-corrected chi connectivity index (χ1v) is 6.32. The molecule has 2 aliphatic rings. The lowest BCUT2D eigenvalue weighted by Gasteiger charge is -2.35. The highest BCUT2D eigenvalue weighted by Gasteiger charge is 2.32. The molecule has 1 amide bonds. The van der Waals surface area contributed by atoms with Crippen molar-refractivity contribution >= 4 is 11.9 Å². The number of ether oxygens (including phenoxy) is 1. The van der Waals surface area contributed by atoms with Crippen LogP contribution >= 0.6 is 0 Å². The molecule has 0 aromatic heterocycles. The van der Waals surface area contributed by atoms with Crippen LogP contribution in [0.1, 0.15) is 32.1 Å². The average Bonchev–Trinajstić information content (AvgIpc) is 2.74. The summed E-state index contributed by atoms with van der Waals surface area (Å²) in [5, 5.41) is 2.95. The Kier molecular flexibility index (Phi) is 3.99. The molecular weight excluding hydrogens is 220 g/mol. The molecule has 2 fully saturated rings. The third-order valence-electron chi connectivity index (χ3n) is 3.63. The molecule has 0 aromatic rings. The number of likely N-dealkylation sites (tertiary alicyclic amines) is 1. The van der Waals surface area contributed by atoms with Gasteiger partial charge in [0.1, 0.15) is 6.04 Å². The van der Waals surface area contributed by atoms with Crippen molar-refractivity contribution < 1.29 is 14.3 Å². The van der Waals surface area contributed by atoms with Gasteiger partial charge in [-0.05, 0) is 25.8 Å². The summed E-state index contributed by atoms with van der Waals surface area (Å²) < 4.78 is 4.84. The number of methoxy groups -OCH3 is 1. The van der Waals surface area contributed by atoms with Crippen molar-refractivity contribution in [3.63, 3.8) is 0 Å². The second kappa shape index (κ2) is 5.49. The lowest BCUT2D eigenvalue weighted by molar-refractivity contribution is -0.148. The second-order valence-corrected chi connectivity index (χ2v) is 4.83. The largest absolute Gasteiger partial charge is 0.468 e. The molecule has 5 heteroatoms. The van der Waals surface area contributed by atoms with Gasteiger partial charge in [-0.25, -0.2) is 0 Å². The topological polar surface area (TPSA) is 58.6 Å². The first kappa shape index (κ1) is 12.4. The van der Waals surface area contributed by atoms with Crippen molar-refractivity contribution in [2.24, 2.45) is 0 Å². The first-order chi connectivity index (χ1) is 8.20. The van der Waals surface area contributed by atoms with Gasteiger partial charge in [-0.15, -0.1) is 0 Å². The van der Waals surface area contributed by atoms with Crippen LogP contribution in [-0.4, -0.2) is 49.1 Å². The van der Waals surface area contributed by atoms with E-state index in [4.69, 9.17) is 4.74 Å². The zero-order chi connectivity index (χ0) is 12.3. The Balaban J connectivity index is 1.92. The number of amides is 1. The quantitative estimate of drug-likeness (QED) is 0.720. The fraction of sp³-hybridized carbons (Fsp3) is 0.833. The van der Waals surface area contributed by atoms with Gasteiger partial charge in [-0.2, -0.15) is 0 Å². The van der Waals surface area contributed by atoms with Gasteiger partial charge in [0.25, 0.3) is 0 Å². The first-order valence-electron chi connectivity index (χ1n) is 6.32. The van der Waals surface area contributed by atoms with Crippen LogP contribution in [0.15, 0.2) is 0 Å². The van der Waals surface area contributed by atoms with E-state index < -0.39 is 0 Å². The third kappa shape index (κ3) is 2.97. The molecule has 2 saturated heterocycles. The minimum atomic E-state index is -0.144. The van der Waals surface area contributed by atoms with Gasteiger partial charge in [0.15, 0.2) is 0 Å². The van der Waals surface area contributed by atoms with E-state index >= 15 is 0 Å². The van der Waals surface area contributed by atoms with Crippen molar-refractivity contribution in [3.8, 4) is 0 Å². The standard InChI is InChI=1S/C12H20N2O3/c1-17-12(16)10-4-2-3-7-14(10)8-9-5-6-11(15)13-9/h9-10H,2-8H2,1H3,(H,13,15)/t9?,10-/m1/s1. The second-order valence-electron chi connectivity index (χ2n) is 4.83. The van der Waals surface area contributed by atoms with Crippen molar-refractivity contribution in [1.82, 2.24) is 10.2 Å². The summed E-state index contributed by atoms with van der Waals surface area (Å²) in [6, 6.07) is 0.0824. The maximum atomic E-state index is 11.7. The fourth-order valence-corrected chi connectivity index (χ4v) is 2.71. The molecule has 2 aliphatic heterocycles. The van der Waals surface area contributed by atoms with E-state index in [1.165, 1.54) is 7.11 Å². The molecule has 1 N–H and O–H groups in total. The molecule has 0 spiro atoms. The van der Waals surface area contributed by atoms with E-state index in [0.29, 0.717) is 6.42 Å². The maximum Gasteiger partial charge on any atom is 0.323 e. The summed E-state index contributed by atoms with van der Waals surface area (Å²) in [5.41, 5.74) is 0.